The summed E-state index contributed by atoms with van der Waals surface area (Å²) in [6.45, 7) is 0.812. The van der Waals surface area contributed by atoms with Gasteiger partial charge in [0, 0.05) is 24.1 Å². The fourth-order valence-electron chi connectivity index (χ4n) is 1.27. The second-order valence-electron chi connectivity index (χ2n) is 3.43. The lowest BCUT2D eigenvalue weighted by Gasteiger charge is -2.00. The normalized spacial score (nSPS) is 9.56. The number of amides is 1. The SMILES string of the molecule is [N-]=[N+]=NCCCCNC(=O)c1ccc([N+](=O)[O-])[nH]1. The third-order valence-corrected chi connectivity index (χ3v) is 2.15. The fraction of sp³-hybridized carbons (Fsp3) is 0.444. The molecule has 0 saturated carbocycles. The molecule has 0 aliphatic carbocycles. The molecule has 9 heteroatoms. The van der Waals surface area contributed by atoms with E-state index < -0.39 is 10.8 Å². The Kier molecular flexibility index (Phi) is 5.20. The topological polar surface area (TPSA) is 137 Å². The van der Waals surface area contributed by atoms with Gasteiger partial charge in [-0.15, -0.1) is 0 Å². The molecule has 0 atom stereocenters. The number of hydrogen-bond acceptors (Lipinski definition) is 4. The van der Waals surface area contributed by atoms with Crippen molar-refractivity contribution in [1.82, 2.24) is 10.3 Å². The van der Waals surface area contributed by atoms with Gasteiger partial charge in [0.25, 0.3) is 5.91 Å². The molecule has 1 amide bonds. The third-order valence-electron chi connectivity index (χ3n) is 2.15. The molecule has 0 fully saturated rings. The standard InChI is InChI=1S/C9H12N6O3/c10-14-12-6-2-1-5-11-9(16)7-3-4-8(13-7)15(17)18/h3-4,13H,1-2,5-6H2,(H,11,16). The molecule has 9 nitrogen and oxygen atoms in total. The largest absolute Gasteiger partial charge is 0.358 e. The monoisotopic (exact) mass is 252 g/mol. The summed E-state index contributed by atoms with van der Waals surface area (Å²) in [5, 5.41) is 16.4. The van der Waals surface area contributed by atoms with Gasteiger partial charge in [0.2, 0.25) is 0 Å². The van der Waals surface area contributed by atoms with Crippen LogP contribution in [-0.4, -0.2) is 28.9 Å². The van der Waals surface area contributed by atoms with Gasteiger partial charge >= 0.3 is 5.82 Å². The Morgan fingerprint density at radius 1 is 1.56 bits per heavy atom. The molecule has 0 aliphatic heterocycles. The zero-order valence-corrected chi connectivity index (χ0v) is 9.50. The fourth-order valence-corrected chi connectivity index (χ4v) is 1.27. The van der Waals surface area contributed by atoms with Crippen LogP contribution in [0.1, 0.15) is 23.3 Å². The minimum Gasteiger partial charge on any atom is -0.358 e. The third kappa shape index (κ3) is 4.14. The maximum Gasteiger partial charge on any atom is 0.321 e. The molecule has 1 aromatic rings. The number of azide groups is 1. The number of carbonyl (C=O) groups excluding carboxylic acids is 1. The number of hydrogen-bond donors (Lipinski definition) is 2. The van der Waals surface area contributed by atoms with E-state index in [0.29, 0.717) is 25.9 Å². The Morgan fingerprint density at radius 2 is 2.33 bits per heavy atom. The van der Waals surface area contributed by atoms with Crippen molar-refractivity contribution < 1.29 is 9.72 Å². The molecular weight excluding hydrogens is 240 g/mol. The van der Waals surface area contributed by atoms with E-state index >= 15 is 0 Å². The van der Waals surface area contributed by atoms with Crippen LogP contribution in [0.15, 0.2) is 17.2 Å². The van der Waals surface area contributed by atoms with Gasteiger partial charge in [0.1, 0.15) is 0 Å². The van der Waals surface area contributed by atoms with Crippen molar-refractivity contribution in [2.75, 3.05) is 13.1 Å². The average Bonchev–Trinajstić information content (AvgIpc) is 2.83. The second-order valence-corrected chi connectivity index (χ2v) is 3.43. The minimum atomic E-state index is -0.601. The second kappa shape index (κ2) is 6.92. The highest BCUT2D eigenvalue weighted by molar-refractivity contribution is 5.92. The van der Waals surface area contributed by atoms with Crippen LogP contribution in [0.25, 0.3) is 10.4 Å². The van der Waals surface area contributed by atoms with E-state index in [1.54, 1.807) is 0 Å². The first-order valence-corrected chi connectivity index (χ1v) is 5.27. The molecule has 1 rings (SSSR count). The first-order valence-electron chi connectivity index (χ1n) is 5.27. The molecule has 0 aromatic carbocycles. The van der Waals surface area contributed by atoms with Crippen molar-refractivity contribution in [3.05, 3.63) is 38.4 Å². The van der Waals surface area contributed by atoms with Crippen LogP contribution < -0.4 is 5.32 Å². The van der Waals surface area contributed by atoms with E-state index in [4.69, 9.17) is 5.53 Å². The number of nitrogens with zero attached hydrogens (tertiary/aromatic N) is 4. The molecule has 0 aliphatic rings. The van der Waals surface area contributed by atoms with Crippen molar-refractivity contribution in [2.24, 2.45) is 5.11 Å². The predicted molar refractivity (Wildman–Crippen MR) is 63.0 cm³/mol. The Bertz CT molecular complexity index is 476. The number of carbonyl (C=O) groups is 1. The van der Waals surface area contributed by atoms with Crippen LogP contribution in [0.4, 0.5) is 5.82 Å². The first-order chi connectivity index (χ1) is 8.65. The number of aromatic amines is 1. The summed E-state index contributed by atoms with van der Waals surface area (Å²) < 4.78 is 0. The van der Waals surface area contributed by atoms with Gasteiger partial charge in [-0.2, -0.15) is 0 Å². The Hall–Kier alpha value is -2.54. The molecule has 0 unspecified atom stereocenters. The molecule has 1 heterocycles. The maximum atomic E-state index is 11.5. The Morgan fingerprint density at radius 3 is 2.94 bits per heavy atom. The molecule has 0 saturated heterocycles. The van der Waals surface area contributed by atoms with Crippen molar-refractivity contribution in [2.45, 2.75) is 12.8 Å². The van der Waals surface area contributed by atoms with E-state index in [1.165, 1.54) is 12.1 Å². The zero-order valence-electron chi connectivity index (χ0n) is 9.50. The van der Waals surface area contributed by atoms with Gasteiger partial charge < -0.3 is 15.4 Å². The maximum absolute atomic E-state index is 11.5. The zero-order chi connectivity index (χ0) is 13.4. The summed E-state index contributed by atoms with van der Waals surface area (Å²) in [5.74, 6) is -0.615. The van der Waals surface area contributed by atoms with Crippen molar-refractivity contribution in [3.8, 4) is 0 Å². The van der Waals surface area contributed by atoms with E-state index in [0.717, 1.165) is 0 Å². The molecule has 2 N–H and O–H groups in total. The molecule has 0 radical (unpaired) electrons. The lowest BCUT2D eigenvalue weighted by molar-refractivity contribution is -0.389. The summed E-state index contributed by atoms with van der Waals surface area (Å²) in [6.07, 6.45) is 1.35. The number of H-pyrrole nitrogens is 1. The summed E-state index contributed by atoms with van der Waals surface area (Å²) >= 11 is 0. The minimum absolute atomic E-state index is 0.150. The van der Waals surface area contributed by atoms with Crippen molar-refractivity contribution in [3.63, 3.8) is 0 Å². The van der Waals surface area contributed by atoms with Gasteiger partial charge in [-0.3, -0.25) is 4.79 Å². The van der Waals surface area contributed by atoms with Gasteiger partial charge in [-0.05, 0) is 29.4 Å². The predicted octanol–water partition coefficient (Wildman–Crippen LogP) is 1.74. The highest BCUT2D eigenvalue weighted by atomic mass is 16.6. The van der Waals surface area contributed by atoms with E-state index in [-0.39, 0.29) is 11.5 Å². The van der Waals surface area contributed by atoms with Gasteiger partial charge in [0.15, 0.2) is 5.69 Å². The van der Waals surface area contributed by atoms with Crippen molar-refractivity contribution >= 4 is 11.7 Å². The number of nitrogens with one attached hydrogen (secondary N) is 2. The molecule has 96 valence electrons. The van der Waals surface area contributed by atoms with Crippen LogP contribution in [-0.2, 0) is 0 Å². The highest BCUT2D eigenvalue weighted by Gasteiger charge is 2.14. The number of aromatic nitrogens is 1. The molecule has 0 bridgehead atoms. The lowest BCUT2D eigenvalue weighted by atomic mass is 10.3. The van der Waals surface area contributed by atoms with Crippen LogP contribution >= 0.6 is 0 Å². The molecule has 18 heavy (non-hydrogen) atoms. The number of rotatable bonds is 7. The number of nitro groups is 1. The van der Waals surface area contributed by atoms with Crippen molar-refractivity contribution in [1.29, 1.82) is 0 Å². The van der Waals surface area contributed by atoms with Crippen LogP contribution in [0.2, 0.25) is 0 Å². The number of unbranched alkanes of at least 4 members (excludes halogenated alkanes) is 1. The Balaban J connectivity index is 2.31. The van der Waals surface area contributed by atoms with Gasteiger partial charge in [-0.1, -0.05) is 5.11 Å². The average molecular weight is 252 g/mol. The van der Waals surface area contributed by atoms with Crippen LogP contribution in [0.3, 0.4) is 0 Å². The molecule has 1 aromatic heterocycles. The summed E-state index contributed by atoms with van der Waals surface area (Å²) in [4.78, 5) is 26.3. The first kappa shape index (κ1) is 13.5. The van der Waals surface area contributed by atoms with Crippen LogP contribution in [0, 0.1) is 10.1 Å². The van der Waals surface area contributed by atoms with Gasteiger partial charge in [-0.25, -0.2) is 4.98 Å². The highest BCUT2D eigenvalue weighted by Crippen LogP contribution is 2.09. The van der Waals surface area contributed by atoms with E-state index in [2.05, 4.69) is 20.3 Å². The summed E-state index contributed by atoms with van der Waals surface area (Å²) in [6, 6.07) is 2.59. The molecule has 0 spiro atoms. The summed E-state index contributed by atoms with van der Waals surface area (Å²) in [7, 11) is 0. The Labute approximate surface area is 102 Å². The smallest absolute Gasteiger partial charge is 0.321 e. The summed E-state index contributed by atoms with van der Waals surface area (Å²) in [5.41, 5.74) is 8.19. The molecular formula is C9H12N6O3. The van der Waals surface area contributed by atoms with Crippen LogP contribution in [0.5, 0.6) is 0 Å². The van der Waals surface area contributed by atoms with Gasteiger partial charge in [0.05, 0.1) is 0 Å². The van der Waals surface area contributed by atoms with E-state index in [1.807, 2.05) is 0 Å². The lowest BCUT2D eigenvalue weighted by Crippen LogP contribution is -2.24. The van der Waals surface area contributed by atoms with E-state index in [9.17, 15) is 14.9 Å². The quantitative estimate of drug-likeness (QED) is 0.191.